The molecule has 0 heterocycles. The molecule has 0 saturated heterocycles. The fraction of sp³-hybridized carbons (Fsp3) is 0.400. The Morgan fingerprint density at radius 1 is 1.21 bits per heavy atom. The SMILES string of the molecule is NC(=S)N(/N=C\C=C\c1ccccc1)C1CC2CC1C1C=CCC21. The van der Waals surface area contributed by atoms with Crippen molar-refractivity contribution in [2.45, 2.75) is 25.3 Å². The van der Waals surface area contributed by atoms with Gasteiger partial charge in [-0.15, -0.1) is 0 Å². The first-order chi connectivity index (χ1) is 11.7. The molecule has 124 valence electrons. The number of hydrazone groups is 1. The summed E-state index contributed by atoms with van der Waals surface area (Å²) < 4.78 is 0. The lowest BCUT2D eigenvalue weighted by molar-refractivity contribution is 0.166. The fourth-order valence-corrected chi connectivity index (χ4v) is 5.11. The molecule has 0 spiro atoms. The lowest BCUT2D eigenvalue weighted by Crippen LogP contribution is -2.45. The van der Waals surface area contributed by atoms with Crippen LogP contribution in [0.15, 0.2) is 53.7 Å². The molecule has 0 aliphatic heterocycles. The number of rotatable bonds is 4. The van der Waals surface area contributed by atoms with Crippen LogP contribution in [0.4, 0.5) is 0 Å². The summed E-state index contributed by atoms with van der Waals surface area (Å²) in [5.74, 6) is 3.03. The van der Waals surface area contributed by atoms with E-state index < -0.39 is 0 Å². The highest BCUT2D eigenvalue weighted by Gasteiger charge is 2.54. The van der Waals surface area contributed by atoms with Crippen molar-refractivity contribution in [3.63, 3.8) is 0 Å². The number of hydrogen-bond donors (Lipinski definition) is 1. The van der Waals surface area contributed by atoms with E-state index in [0.717, 1.165) is 17.4 Å². The second-order valence-electron chi connectivity index (χ2n) is 7.08. The molecule has 2 saturated carbocycles. The molecule has 2 bridgehead atoms. The van der Waals surface area contributed by atoms with Gasteiger partial charge in [-0.3, -0.25) is 0 Å². The molecule has 0 amide bonds. The molecule has 0 aromatic heterocycles. The average Bonchev–Trinajstić information content (AvgIpc) is 3.28. The van der Waals surface area contributed by atoms with E-state index >= 15 is 0 Å². The van der Waals surface area contributed by atoms with Gasteiger partial charge in [-0.1, -0.05) is 48.6 Å². The van der Waals surface area contributed by atoms with E-state index in [9.17, 15) is 0 Å². The van der Waals surface area contributed by atoms with E-state index in [-0.39, 0.29) is 0 Å². The summed E-state index contributed by atoms with van der Waals surface area (Å²) in [7, 11) is 0. The summed E-state index contributed by atoms with van der Waals surface area (Å²) in [5.41, 5.74) is 7.14. The van der Waals surface area contributed by atoms with Gasteiger partial charge in [0.1, 0.15) is 0 Å². The Balaban J connectivity index is 1.46. The van der Waals surface area contributed by atoms with E-state index in [2.05, 4.69) is 29.4 Å². The number of hydrogen-bond acceptors (Lipinski definition) is 2. The maximum atomic E-state index is 5.98. The van der Waals surface area contributed by atoms with Crippen molar-refractivity contribution in [1.82, 2.24) is 5.01 Å². The predicted octanol–water partition coefficient (Wildman–Crippen LogP) is 3.83. The van der Waals surface area contributed by atoms with Gasteiger partial charge in [0, 0.05) is 6.21 Å². The molecule has 24 heavy (non-hydrogen) atoms. The highest BCUT2D eigenvalue weighted by Crippen LogP contribution is 2.57. The van der Waals surface area contributed by atoms with Crippen LogP contribution >= 0.6 is 12.2 Å². The summed E-state index contributed by atoms with van der Waals surface area (Å²) in [4.78, 5) is 0. The van der Waals surface area contributed by atoms with E-state index in [1.54, 1.807) is 6.21 Å². The van der Waals surface area contributed by atoms with Gasteiger partial charge in [0.05, 0.1) is 6.04 Å². The third kappa shape index (κ3) is 2.80. The number of allylic oxidation sites excluding steroid dienone is 3. The van der Waals surface area contributed by atoms with E-state index in [0.29, 0.717) is 23.0 Å². The Morgan fingerprint density at radius 2 is 2.04 bits per heavy atom. The average molecular weight is 337 g/mol. The van der Waals surface area contributed by atoms with Crippen LogP contribution < -0.4 is 5.73 Å². The number of fused-ring (bicyclic) bond motifs is 5. The normalized spacial score (nSPS) is 33.6. The second kappa shape index (κ2) is 6.52. The van der Waals surface area contributed by atoms with E-state index in [1.165, 1.54) is 19.3 Å². The van der Waals surface area contributed by atoms with Crippen LogP contribution in [0, 0.1) is 23.7 Å². The van der Waals surface area contributed by atoms with Crippen molar-refractivity contribution in [1.29, 1.82) is 0 Å². The molecule has 4 heteroatoms. The highest BCUT2D eigenvalue weighted by atomic mass is 32.1. The van der Waals surface area contributed by atoms with Crippen molar-refractivity contribution in [3.05, 3.63) is 54.1 Å². The molecule has 3 nitrogen and oxygen atoms in total. The Hall–Kier alpha value is -1.94. The topological polar surface area (TPSA) is 41.6 Å². The van der Waals surface area contributed by atoms with Gasteiger partial charge in [0.2, 0.25) is 0 Å². The van der Waals surface area contributed by atoms with Crippen LogP contribution in [-0.4, -0.2) is 22.4 Å². The Labute approximate surface area is 148 Å². The number of nitrogens with two attached hydrogens (primary N) is 1. The van der Waals surface area contributed by atoms with Crippen LogP contribution in [0.1, 0.15) is 24.8 Å². The largest absolute Gasteiger partial charge is 0.375 e. The molecule has 1 aromatic carbocycles. The molecule has 5 atom stereocenters. The van der Waals surface area contributed by atoms with Crippen LogP contribution in [0.2, 0.25) is 0 Å². The first-order valence-corrected chi connectivity index (χ1v) is 9.16. The Morgan fingerprint density at radius 3 is 2.83 bits per heavy atom. The minimum absolute atomic E-state index is 0.359. The quantitative estimate of drug-likeness (QED) is 0.393. The van der Waals surface area contributed by atoms with Crippen LogP contribution in [0.3, 0.4) is 0 Å². The van der Waals surface area contributed by atoms with E-state index in [4.69, 9.17) is 18.0 Å². The molecule has 3 aliphatic carbocycles. The Bertz CT molecular complexity index is 694. The molecular weight excluding hydrogens is 314 g/mol. The monoisotopic (exact) mass is 337 g/mol. The first kappa shape index (κ1) is 15.6. The van der Waals surface area contributed by atoms with Crippen LogP contribution in [0.25, 0.3) is 6.08 Å². The third-order valence-corrected chi connectivity index (χ3v) is 6.07. The number of nitrogens with zero attached hydrogens (tertiary/aromatic N) is 2. The predicted molar refractivity (Wildman–Crippen MR) is 103 cm³/mol. The highest BCUT2D eigenvalue weighted by molar-refractivity contribution is 7.80. The first-order valence-electron chi connectivity index (χ1n) is 8.75. The summed E-state index contributed by atoms with van der Waals surface area (Å²) in [6, 6.07) is 10.6. The standard InChI is InChI=1S/C20H23N3S/c21-20(24)23(22-11-5-8-14-6-2-1-3-7-14)19-13-15-12-18(19)17-10-4-9-16(15)17/h1-8,10-11,15-19H,9,12-13H2,(H2,21,24)/b8-5+,22-11-. The van der Waals surface area contributed by atoms with Gasteiger partial charge in [-0.05, 0) is 66.8 Å². The van der Waals surface area contributed by atoms with Gasteiger partial charge in [-0.2, -0.15) is 5.10 Å². The zero-order valence-electron chi connectivity index (χ0n) is 13.7. The lowest BCUT2D eigenvalue weighted by Gasteiger charge is -2.36. The zero-order chi connectivity index (χ0) is 16.5. The molecular formula is C20H23N3S. The van der Waals surface area contributed by atoms with Gasteiger partial charge in [0.25, 0.3) is 0 Å². The van der Waals surface area contributed by atoms with Gasteiger partial charge in [-0.25, -0.2) is 5.01 Å². The van der Waals surface area contributed by atoms with Crippen LogP contribution in [-0.2, 0) is 0 Å². The van der Waals surface area contributed by atoms with Crippen molar-refractivity contribution >= 4 is 29.6 Å². The molecule has 4 rings (SSSR count). The molecule has 0 radical (unpaired) electrons. The van der Waals surface area contributed by atoms with Gasteiger partial charge < -0.3 is 5.73 Å². The van der Waals surface area contributed by atoms with Crippen molar-refractivity contribution < 1.29 is 0 Å². The fourth-order valence-electron chi connectivity index (χ4n) is 4.93. The minimum Gasteiger partial charge on any atom is -0.375 e. The van der Waals surface area contributed by atoms with Crippen LogP contribution in [0.5, 0.6) is 0 Å². The van der Waals surface area contributed by atoms with Crippen molar-refractivity contribution in [2.24, 2.45) is 34.5 Å². The number of benzene rings is 1. The lowest BCUT2D eigenvalue weighted by atomic mass is 9.79. The molecule has 3 aliphatic rings. The number of thiocarbonyl (C=S) groups is 1. The smallest absolute Gasteiger partial charge is 0.187 e. The maximum absolute atomic E-state index is 5.98. The van der Waals surface area contributed by atoms with Gasteiger partial charge >= 0.3 is 0 Å². The maximum Gasteiger partial charge on any atom is 0.187 e. The summed E-state index contributed by atoms with van der Waals surface area (Å²) in [5, 5.41) is 6.86. The molecule has 5 unspecified atom stereocenters. The van der Waals surface area contributed by atoms with E-state index in [1.807, 2.05) is 35.4 Å². The third-order valence-electron chi connectivity index (χ3n) is 5.88. The summed E-state index contributed by atoms with van der Waals surface area (Å²) >= 11 is 5.28. The summed E-state index contributed by atoms with van der Waals surface area (Å²) in [6.45, 7) is 0. The second-order valence-corrected chi connectivity index (χ2v) is 7.50. The summed E-state index contributed by atoms with van der Waals surface area (Å²) in [6.07, 6.45) is 14.3. The Kier molecular flexibility index (Phi) is 4.23. The van der Waals surface area contributed by atoms with Crippen molar-refractivity contribution in [2.75, 3.05) is 0 Å². The minimum atomic E-state index is 0.359. The zero-order valence-corrected chi connectivity index (χ0v) is 14.5. The molecule has 1 aromatic rings. The van der Waals surface area contributed by atoms with Crippen molar-refractivity contribution in [3.8, 4) is 0 Å². The molecule has 2 fully saturated rings. The molecule has 2 N–H and O–H groups in total. The van der Waals surface area contributed by atoms with Gasteiger partial charge in [0.15, 0.2) is 5.11 Å².